The van der Waals surface area contributed by atoms with Crippen LogP contribution >= 0.6 is 15.9 Å². The van der Waals surface area contributed by atoms with Gasteiger partial charge in [0.15, 0.2) is 6.10 Å². The summed E-state index contributed by atoms with van der Waals surface area (Å²) in [4.78, 5) is 19.1. The van der Waals surface area contributed by atoms with Crippen LogP contribution in [0.3, 0.4) is 0 Å². The van der Waals surface area contributed by atoms with E-state index in [1.54, 1.807) is 13.8 Å². The Bertz CT molecular complexity index is 638. The Balaban J connectivity index is 2.52. The molecule has 1 saturated heterocycles. The average molecular weight is 413 g/mol. The topological polar surface area (TPSA) is 62.7 Å². The fourth-order valence-electron chi connectivity index (χ4n) is 3.72. The van der Waals surface area contributed by atoms with Crippen molar-refractivity contribution < 1.29 is 14.6 Å². The van der Waals surface area contributed by atoms with Crippen molar-refractivity contribution >= 4 is 27.6 Å². The highest BCUT2D eigenvalue weighted by Gasteiger charge is 2.32. The van der Waals surface area contributed by atoms with Gasteiger partial charge in [-0.3, -0.25) is 4.98 Å². The summed E-state index contributed by atoms with van der Waals surface area (Å²) in [7, 11) is 0. The Morgan fingerprint density at radius 1 is 1.24 bits per heavy atom. The number of anilines is 1. The Kier molecular flexibility index (Phi) is 6.49. The van der Waals surface area contributed by atoms with Crippen LogP contribution in [0, 0.1) is 25.7 Å². The van der Waals surface area contributed by atoms with Crippen LogP contribution in [0.15, 0.2) is 4.47 Å². The molecule has 0 aliphatic carbocycles. The van der Waals surface area contributed by atoms with Crippen LogP contribution in [0.2, 0.25) is 0 Å². The van der Waals surface area contributed by atoms with Gasteiger partial charge in [0.05, 0.1) is 22.0 Å². The molecule has 0 aromatic carbocycles. The third kappa shape index (κ3) is 4.53. The van der Waals surface area contributed by atoms with Gasteiger partial charge in [0, 0.05) is 24.3 Å². The molecule has 0 bridgehead atoms. The summed E-state index contributed by atoms with van der Waals surface area (Å²) in [6.45, 7) is 13.6. The summed E-state index contributed by atoms with van der Waals surface area (Å²) >= 11 is 3.64. The molecule has 2 unspecified atom stereocenters. The number of aliphatic hydroxyl groups is 1. The second-order valence-corrected chi connectivity index (χ2v) is 8.39. The van der Waals surface area contributed by atoms with Gasteiger partial charge in [0.25, 0.3) is 0 Å². The van der Waals surface area contributed by atoms with E-state index in [0.717, 1.165) is 28.9 Å². The summed E-state index contributed by atoms with van der Waals surface area (Å²) in [6, 6.07) is 0. The van der Waals surface area contributed by atoms with Crippen molar-refractivity contribution in [3.63, 3.8) is 0 Å². The second-order valence-electron chi connectivity index (χ2n) is 7.60. The van der Waals surface area contributed by atoms with E-state index in [-0.39, 0.29) is 6.10 Å². The van der Waals surface area contributed by atoms with Gasteiger partial charge in [-0.25, -0.2) is 4.79 Å². The Hall–Kier alpha value is -1.14. The lowest BCUT2D eigenvalue weighted by Gasteiger charge is -2.39. The van der Waals surface area contributed by atoms with Gasteiger partial charge in [0.1, 0.15) is 0 Å². The lowest BCUT2D eigenvalue weighted by Crippen LogP contribution is -2.40. The van der Waals surface area contributed by atoms with Crippen LogP contribution in [0.5, 0.6) is 0 Å². The molecule has 0 amide bonds. The third-order valence-electron chi connectivity index (χ3n) is 4.54. The van der Waals surface area contributed by atoms with E-state index in [0.29, 0.717) is 23.1 Å². The Morgan fingerprint density at radius 2 is 1.80 bits per heavy atom. The summed E-state index contributed by atoms with van der Waals surface area (Å²) in [5.41, 5.74) is 2.93. The molecule has 2 heterocycles. The van der Waals surface area contributed by atoms with Gasteiger partial charge < -0.3 is 14.7 Å². The number of ether oxygens (including phenoxy) is 1. The van der Waals surface area contributed by atoms with Crippen LogP contribution in [-0.2, 0) is 9.53 Å². The largest absolute Gasteiger partial charge is 0.461 e. The number of aryl methyl sites for hydroxylation is 2. The van der Waals surface area contributed by atoms with Crippen molar-refractivity contribution in [3.8, 4) is 0 Å². The summed E-state index contributed by atoms with van der Waals surface area (Å²) in [5.74, 6) is 0.476. The number of halogens is 1. The van der Waals surface area contributed by atoms with Crippen LogP contribution in [0.1, 0.15) is 57.2 Å². The number of aromatic nitrogens is 1. The molecular weight excluding hydrogens is 384 g/mol. The number of hydrogen-bond donors (Lipinski definition) is 1. The van der Waals surface area contributed by atoms with Gasteiger partial charge in [-0.05, 0) is 61.9 Å². The summed E-state index contributed by atoms with van der Waals surface area (Å²) in [6.07, 6.45) is -0.429. The zero-order chi connectivity index (χ0) is 18.9. The third-order valence-corrected chi connectivity index (χ3v) is 5.49. The first-order valence-electron chi connectivity index (χ1n) is 8.91. The highest BCUT2D eigenvalue weighted by atomic mass is 79.9. The Labute approximate surface area is 158 Å². The molecule has 3 atom stereocenters. The second kappa shape index (κ2) is 8.04. The first-order chi connectivity index (χ1) is 11.6. The van der Waals surface area contributed by atoms with Crippen molar-refractivity contribution in [2.45, 2.75) is 60.2 Å². The maximum absolute atomic E-state index is 12.3. The smallest absolute Gasteiger partial charge is 0.340 e. The van der Waals surface area contributed by atoms with Crippen LogP contribution in [0.25, 0.3) is 0 Å². The number of carbonyl (C=O) groups is 1. The van der Waals surface area contributed by atoms with Crippen molar-refractivity contribution in [2.24, 2.45) is 11.8 Å². The fourth-order valence-corrected chi connectivity index (χ4v) is 4.27. The number of carbonyl (C=O) groups excluding carboxylic acids is 1. The molecule has 0 spiro atoms. The number of nitrogens with zero attached hydrogens (tertiary/aromatic N) is 2. The fraction of sp³-hybridized carbons (Fsp3) is 0.684. The lowest BCUT2D eigenvalue weighted by atomic mass is 9.90. The van der Waals surface area contributed by atoms with E-state index in [4.69, 9.17) is 4.74 Å². The summed E-state index contributed by atoms with van der Waals surface area (Å²) < 4.78 is 6.06. The standard InChI is InChI=1S/C19H29BrN2O3/c1-10(2)25-19(24)18(23)15-13(5)21-14(6)16(20)17(15)22-8-11(3)7-12(4)9-22/h10-12,18,23H,7-9H2,1-6H3/t11?,12?,18-/m0/s1. The van der Waals surface area contributed by atoms with Gasteiger partial charge in [-0.1, -0.05) is 13.8 Å². The number of pyridine rings is 1. The van der Waals surface area contributed by atoms with E-state index in [1.165, 1.54) is 6.42 Å². The van der Waals surface area contributed by atoms with Gasteiger partial charge >= 0.3 is 5.97 Å². The number of piperidine rings is 1. The number of esters is 1. The molecule has 0 saturated carbocycles. The van der Waals surface area contributed by atoms with E-state index >= 15 is 0 Å². The molecule has 1 N–H and O–H groups in total. The van der Waals surface area contributed by atoms with Gasteiger partial charge in [-0.15, -0.1) is 0 Å². The van der Waals surface area contributed by atoms with E-state index in [2.05, 4.69) is 39.7 Å². The van der Waals surface area contributed by atoms with Crippen molar-refractivity contribution in [3.05, 3.63) is 21.4 Å². The summed E-state index contributed by atoms with van der Waals surface area (Å²) in [5, 5.41) is 10.7. The van der Waals surface area contributed by atoms with Crippen molar-refractivity contribution in [2.75, 3.05) is 18.0 Å². The highest BCUT2D eigenvalue weighted by Crippen LogP contribution is 2.40. The zero-order valence-electron chi connectivity index (χ0n) is 16.0. The minimum atomic E-state index is -1.34. The molecular formula is C19H29BrN2O3. The zero-order valence-corrected chi connectivity index (χ0v) is 17.6. The Morgan fingerprint density at radius 3 is 2.32 bits per heavy atom. The van der Waals surface area contributed by atoms with E-state index in [1.807, 2.05) is 13.8 Å². The van der Waals surface area contributed by atoms with Crippen molar-refractivity contribution in [1.29, 1.82) is 0 Å². The van der Waals surface area contributed by atoms with Crippen LogP contribution < -0.4 is 4.90 Å². The quantitative estimate of drug-likeness (QED) is 0.758. The van der Waals surface area contributed by atoms with Crippen LogP contribution in [0.4, 0.5) is 5.69 Å². The first-order valence-corrected chi connectivity index (χ1v) is 9.71. The maximum Gasteiger partial charge on any atom is 0.340 e. The lowest BCUT2D eigenvalue weighted by molar-refractivity contribution is -0.157. The van der Waals surface area contributed by atoms with E-state index < -0.39 is 12.1 Å². The molecule has 25 heavy (non-hydrogen) atoms. The van der Waals surface area contributed by atoms with E-state index in [9.17, 15) is 9.90 Å². The molecule has 0 radical (unpaired) electrons. The normalized spacial score (nSPS) is 22.2. The molecule has 1 fully saturated rings. The number of aliphatic hydroxyl groups excluding tert-OH is 1. The minimum absolute atomic E-state index is 0.275. The van der Waals surface area contributed by atoms with Gasteiger partial charge in [-0.2, -0.15) is 0 Å². The predicted octanol–water partition coefficient (Wildman–Crippen LogP) is 3.93. The SMILES string of the molecule is Cc1nc(C)c([C@H](O)C(=O)OC(C)C)c(N2CC(C)CC(C)C2)c1Br. The van der Waals surface area contributed by atoms with Gasteiger partial charge in [0.2, 0.25) is 0 Å². The molecule has 1 aromatic heterocycles. The molecule has 2 rings (SSSR count). The number of hydrogen-bond acceptors (Lipinski definition) is 5. The molecule has 1 aliphatic rings. The average Bonchev–Trinajstić information content (AvgIpc) is 2.48. The van der Waals surface area contributed by atoms with Crippen molar-refractivity contribution in [1.82, 2.24) is 4.98 Å². The maximum atomic E-state index is 12.3. The molecule has 1 aromatic rings. The monoisotopic (exact) mass is 412 g/mol. The predicted molar refractivity (Wildman–Crippen MR) is 103 cm³/mol. The molecule has 140 valence electrons. The molecule has 1 aliphatic heterocycles. The number of rotatable bonds is 4. The minimum Gasteiger partial charge on any atom is -0.461 e. The first kappa shape index (κ1) is 20.2. The highest BCUT2D eigenvalue weighted by molar-refractivity contribution is 9.10. The van der Waals surface area contributed by atoms with Crippen LogP contribution in [-0.4, -0.2) is 35.3 Å². The molecule has 5 nitrogen and oxygen atoms in total. The molecule has 6 heteroatoms.